The summed E-state index contributed by atoms with van der Waals surface area (Å²) in [6.07, 6.45) is -2.65. The standard InChI is InChI=1S/C19H22F4N4O3/c1-30-16-14-11(17(28)25-18(29)27(14)6-9-2-3-9)4-13(20)15(16)26-7-10(5-24)12(8-26)19(21,22)23/h4,9-10,12H,2-3,5-8,24H2,1H3,(H,25,28,29). The van der Waals surface area contributed by atoms with E-state index in [1.54, 1.807) is 0 Å². The zero-order chi connectivity index (χ0) is 21.8. The quantitative estimate of drug-likeness (QED) is 0.706. The Balaban J connectivity index is 1.92. The molecule has 7 nitrogen and oxygen atoms in total. The van der Waals surface area contributed by atoms with E-state index in [0.717, 1.165) is 18.9 Å². The van der Waals surface area contributed by atoms with Crippen molar-refractivity contribution in [2.45, 2.75) is 25.6 Å². The van der Waals surface area contributed by atoms with Crippen molar-refractivity contribution in [2.75, 3.05) is 31.6 Å². The predicted molar refractivity (Wildman–Crippen MR) is 102 cm³/mol. The van der Waals surface area contributed by atoms with Crippen molar-refractivity contribution in [3.8, 4) is 5.75 Å². The third kappa shape index (κ3) is 3.44. The van der Waals surface area contributed by atoms with Gasteiger partial charge in [-0.05, 0) is 31.4 Å². The first kappa shape index (κ1) is 20.7. The van der Waals surface area contributed by atoms with Crippen molar-refractivity contribution in [1.29, 1.82) is 0 Å². The summed E-state index contributed by atoms with van der Waals surface area (Å²) in [5.41, 5.74) is 4.01. The molecule has 1 aliphatic carbocycles. The van der Waals surface area contributed by atoms with Gasteiger partial charge in [0.1, 0.15) is 11.2 Å². The van der Waals surface area contributed by atoms with E-state index in [-0.39, 0.29) is 41.3 Å². The van der Waals surface area contributed by atoms with Crippen LogP contribution in [-0.2, 0) is 6.54 Å². The number of nitrogens with one attached hydrogen (secondary N) is 1. The molecule has 2 fully saturated rings. The minimum Gasteiger partial charge on any atom is -0.492 e. The lowest BCUT2D eigenvalue weighted by atomic mass is 9.96. The van der Waals surface area contributed by atoms with E-state index in [2.05, 4.69) is 4.98 Å². The van der Waals surface area contributed by atoms with Gasteiger partial charge in [-0.15, -0.1) is 0 Å². The molecule has 1 aliphatic heterocycles. The number of H-pyrrole nitrogens is 1. The number of alkyl halides is 3. The second kappa shape index (κ2) is 7.29. The van der Waals surface area contributed by atoms with E-state index in [9.17, 15) is 22.8 Å². The van der Waals surface area contributed by atoms with Crippen LogP contribution in [0.4, 0.5) is 23.2 Å². The summed E-state index contributed by atoms with van der Waals surface area (Å²) in [5, 5.41) is -0.0877. The number of anilines is 1. The van der Waals surface area contributed by atoms with Crippen molar-refractivity contribution in [1.82, 2.24) is 9.55 Å². The fraction of sp³-hybridized carbons (Fsp3) is 0.579. The van der Waals surface area contributed by atoms with Crippen molar-refractivity contribution < 1.29 is 22.3 Å². The Bertz CT molecular complexity index is 1090. The van der Waals surface area contributed by atoms with E-state index in [4.69, 9.17) is 10.5 Å². The number of fused-ring (bicyclic) bond motifs is 1. The second-order valence-electron chi connectivity index (χ2n) is 8.00. The normalized spacial score (nSPS) is 22.1. The van der Waals surface area contributed by atoms with Crippen LogP contribution < -0.4 is 26.6 Å². The smallest absolute Gasteiger partial charge is 0.393 e. The van der Waals surface area contributed by atoms with E-state index >= 15 is 4.39 Å². The number of aromatic nitrogens is 2. The summed E-state index contributed by atoms with van der Waals surface area (Å²) in [5.74, 6) is -3.38. The van der Waals surface area contributed by atoms with Gasteiger partial charge in [0.25, 0.3) is 5.56 Å². The van der Waals surface area contributed by atoms with Crippen molar-refractivity contribution >= 4 is 16.6 Å². The van der Waals surface area contributed by atoms with Crippen molar-refractivity contribution in [2.24, 2.45) is 23.5 Å². The molecular weight excluding hydrogens is 408 g/mol. The zero-order valence-electron chi connectivity index (χ0n) is 16.3. The molecule has 3 N–H and O–H groups in total. The molecule has 30 heavy (non-hydrogen) atoms. The molecule has 1 saturated heterocycles. The van der Waals surface area contributed by atoms with Gasteiger partial charge < -0.3 is 15.4 Å². The highest BCUT2D eigenvalue weighted by atomic mass is 19.4. The molecule has 2 atom stereocenters. The molecule has 164 valence electrons. The van der Waals surface area contributed by atoms with Gasteiger partial charge in [0, 0.05) is 25.6 Å². The number of nitrogens with two attached hydrogens (primary N) is 1. The Kier molecular flexibility index (Phi) is 5.03. The topological polar surface area (TPSA) is 93.3 Å². The predicted octanol–water partition coefficient (Wildman–Crippen LogP) is 1.82. The third-order valence-electron chi connectivity index (χ3n) is 5.98. The lowest BCUT2D eigenvalue weighted by Gasteiger charge is -2.24. The molecule has 0 bridgehead atoms. The van der Waals surface area contributed by atoms with Crippen molar-refractivity contribution in [3.05, 3.63) is 32.7 Å². The lowest BCUT2D eigenvalue weighted by Crippen LogP contribution is -2.33. The van der Waals surface area contributed by atoms with Gasteiger partial charge in [0.15, 0.2) is 11.6 Å². The number of aromatic amines is 1. The van der Waals surface area contributed by atoms with Crippen LogP contribution in [0.2, 0.25) is 0 Å². The number of hydrogen-bond donors (Lipinski definition) is 2. The Hall–Kier alpha value is -2.56. The molecule has 1 saturated carbocycles. The molecule has 1 aromatic carbocycles. The maximum atomic E-state index is 15.1. The molecule has 2 aliphatic rings. The van der Waals surface area contributed by atoms with E-state index in [1.807, 2.05) is 0 Å². The highest BCUT2D eigenvalue weighted by Gasteiger charge is 2.50. The maximum Gasteiger partial charge on any atom is 0.393 e. The van der Waals surface area contributed by atoms with Gasteiger partial charge in [-0.25, -0.2) is 9.18 Å². The monoisotopic (exact) mass is 430 g/mol. The van der Waals surface area contributed by atoms with Gasteiger partial charge >= 0.3 is 11.9 Å². The molecule has 0 amide bonds. The molecule has 2 heterocycles. The van der Waals surface area contributed by atoms with Crippen LogP contribution in [0.5, 0.6) is 5.75 Å². The minimum atomic E-state index is -4.48. The summed E-state index contributed by atoms with van der Waals surface area (Å²) in [6.45, 7) is -0.496. The molecule has 0 radical (unpaired) electrons. The second-order valence-corrected chi connectivity index (χ2v) is 8.00. The molecular formula is C19H22F4N4O3. The first-order valence-corrected chi connectivity index (χ1v) is 9.70. The summed E-state index contributed by atoms with van der Waals surface area (Å²) >= 11 is 0. The van der Waals surface area contributed by atoms with Gasteiger partial charge in [0.2, 0.25) is 0 Å². The van der Waals surface area contributed by atoms with Crippen LogP contribution >= 0.6 is 0 Å². The Morgan fingerprint density at radius 2 is 1.97 bits per heavy atom. The van der Waals surface area contributed by atoms with Crippen LogP contribution in [0.15, 0.2) is 15.7 Å². The number of benzene rings is 1. The minimum absolute atomic E-state index is 0.0877. The van der Waals surface area contributed by atoms with Gasteiger partial charge in [-0.2, -0.15) is 13.2 Å². The van der Waals surface area contributed by atoms with Gasteiger partial charge in [-0.1, -0.05) is 0 Å². The van der Waals surface area contributed by atoms with E-state index in [0.29, 0.717) is 6.54 Å². The van der Waals surface area contributed by atoms with Crippen LogP contribution in [0.3, 0.4) is 0 Å². The fourth-order valence-electron chi connectivity index (χ4n) is 4.27. The Labute approximate surface area is 168 Å². The molecule has 0 spiro atoms. The first-order valence-electron chi connectivity index (χ1n) is 9.70. The SMILES string of the molecule is COc1c(N2CC(CN)C(C(F)(F)F)C2)c(F)cc2c(=O)[nH]c(=O)n(CC3CC3)c12. The number of hydrogen-bond acceptors (Lipinski definition) is 5. The lowest BCUT2D eigenvalue weighted by molar-refractivity contribution is -0.178. The molecule has 1 aromatic heterocycles. The van der Waals surface area contributed by atoms with Gasteiger partial charge in [0.05, 0.1) is 18.4 Å². The summed E-state index contributed by atoms with van der Waals surface area (Å²) in [6, 6.07) is 0.952. The number of ether oxygens (including phenoxy) is 1. The first-order chi connectivity index (χ1) is 14.2. The Morgan fingerprint density at radius 3 is 2.50 bits per heavy atom. The average Bonchev–Trinajstić information content (AvgIpc) is 3.38. The van der Waals surface area contributed by atoms with Crippen molar-refractivity contribution in [3.63, 3.8) is 0 Å². The maximum absolute atomic E-state index is 15.1. The van der Waals surface area contributed by atoms with Crippen LogP contribution in [-0.4, -0.2) is 42.5 Å². The molecule has 4 rings (SSSR count). The van der Waals surface area contributed by atoms with Crippen LogP contribution in [0, 0.1) is 23.6 Å². The van der Waals surface area contributed by atoms with Gasteiger partial charge in [-0.3, -0.25) is 14.3 Å². The van der Waals surface area contributed by atoms with E-state index < -0.39 is 41.6 Å². The number of halogens is 4. The molecule has 2 unspecified atom stereocenters. The molecule has 2 aromatic rings. The summed E-state index contributed by atoms with van der Waals surface area (Å²) in [4.78, 5) is 28.2. The van der Waals surface area contributed by atoms with Crippen LogP contribution in [0.25, 0.3) is 10.9 Å². The summed E-state index contributed by atoms with van der Waals surface area (Å²) < 4.78 is 62.1. The number of methoxy groups -OCH3 is 1. The zero-order valence-corrected chi connectivity index (χ0v) is 16.3. The summed E-state index contributed by atoms with van der Waals surface area (Å²) in [7, 11) is 1.24. The van der Waals surface area contributed by atoms with Crippen LogP contribution in [0.1, 0.15) is 12.8 Å². The Morgan fingerprint density at radius 1 is 1.27 bits per heavy atom. The third-order valence-corrected chi connectivity index (χ3v) is 5.98. The number of nitrogens with zero attached hydrogens (tertiary/aromatic N) is 2. The van der Waals surface area contributed by atoms with E-state index in [1.165, 1.54) is 16.6 Å². The largest absolute Gasteiger partial charge is 0.492 e. The average molecular weight is 430 g/mol. The highest BCUT2D eigenvalue weighted by molar-refractivity contribution is 5.91. The molecule has 11 heteroatoms. The number of rotatable bonds is 5. The fourth-order valence-corrected chi connectivity index (χ4v) is 4.27. The highest BCUT2D eigenvalue weighted by Crippen LogP contribution is 2.44.